The van der Waals surface area contributed by atoms with E-state index in [-0.39, 0.29) is 17.4 Å². The summed E-state index contributed by atoms with van der Waals surface area (Å²) in [6, 6.07) is 8.03. The Morgan fingerprint density at radius 3 is 2.96 bits per heavy atom. The molecule has 0 radical (unpaired) electrons. The summed E-state index contributed by atoms with van der Waals surface area (Å²) in [5.41, 5.74) is 1.76. The molecule has 144 valence electrons. The zero-order valence-electron chi connectivity index (χ0n) is 15.5. The molecule has 0 saturated carbocycles. The number of methoxy groups -OCH3 is 1. The number of hydrogen-bond donors (Lipinski definition) is 1. The number of nitrogens with zero attached hydrogens (tertiary/aromatic N) is 2. The highest BCUT2D eigenvalue weighted by atomic mass is 32.1. The fourth-order valence-electron chi connectivity index (χ4n) is 4.23. The van der Waals surface area contributed by atoms with Crippen LogP contribution in [0.2, 0.25) is 0 Å². The van der Waals surface area contributed by atoms with Crippen LogP contribution in [0.25, 0.3) is 0 Å². The molecule has 1 amide bonds. The quantitative estimate of drug-likeness (QED) is 0.827. The van der Waals surface area contributed by atoms with Gasteiger partial charge in [0.2, 0.25) is 5.91 Å². The molecule has 1 N–H and O–H groups in total. The molecule has 4 rings (SSSR count). The minimum Gasteiger partial charge on any atom is -0.384 e. The fraction of sp³-hybridized carbons (Fsp3) is 0.500. The van der Waals surface area contributed by atoms with Crippen molar-refractivity contribution < 1.29 is 9.53 Å². The van der Waals surface area contributed by atoms with E-state index >= 15 is 0 Å². The molecule has 2 bridgehead atoms. The molecule has 0 aromatic carbocycles. The molecular formula is C20H25N3O3S. The van der Waals surface area contributed by atoms with Crippen molar-refractivity contribution in [3.05, 3.63) is 50.6 Å². The molecule has 2 aliphatic rings. The Kier molecular flexibility index (Phi) is 5.31. The van der Waals surface area contributed by atoms with Gasteiger partial charge in [0.15, 0.2) is 0 Å². The number of likely N-dealkylation sites (tertiary alicyclic amines) is 1. The highest BCUT2D eigenvalue weighted by Gasteiger charge is 2.36. The number of pyridine rings is 1. The molecule has 0 aliphatic carbocycles. The van der Waals surface area contributed by atoms with Crippen LogP contribution in [0.1, 0.15) is 29.3 Å². The summed E-state index contributed by atoms with van der Waals surface area (Å²) in [4.78, 5) is 28.5. The predicted octanol–water partition coefficient (Wildman–Crippen LogP) is 2.50. The number of fused-ring (bicyclic) bond motifs is 4. The molecule has 27 heavy (non-hydrogen) atoms. The number of nitrogens with one attached hydrogen (secondary N) is 1. The Hall–Kier alpha value is -2.12. The molecule has 2 aromatic heterocycles. The summed E-state index contributed by atoms with van der Waals surface area (Å²) < 4.78 is 6.96. The fourth-order valence-corrected chi connectivity index (χ4v) is 4.87. The first kappa shape index (κ1) is 18.3. The van der Waals surface area contributed by atoms with E-state index < -0.39 is 0 Å². The number of thiophene rings is 1. The topological polar surface area (TPSA) is 63.6 Å². The van der Waals surface area contributed by atoms with Gasteiger partial charge in [-0.15, -0.1) is 11.3 Å². The molecule has 1 fully saturated rings. The monoisotopic (exact) mass is 387 g/mol. The average Bonchev–Trinajstić information content (AvgIpc) is 3.19. The number of amides is 1. The Labute approximate surface area is 162 Å². The van der Waals surface area contributed by atoms with Gasteiger partial charge in [-0.25, -0.2) is 0 Å². The molecule has 4 heterocycles. The summed E-state index contributed by atoms with van der Waals surface area (Å²) in [6.07, 6.45) is 1.48. The summed E-state index contributed by atoms with van der Waals surface area (Å²) in [5, 5.41) is 5.32. The van der Waals surface area contributed by atoms with Crippen molar-refractivity contribution in [2.75, 3.05) is 32.1 Å². The van der Waals surface area contributed by atoms with E-state index in [1.807, 2.05) is 27.0 Å². The van der Waals surface area contributed by atoms with Crippen molar-refractivity contribution in [3.63, 3.8) is 0 Å². The summed E-state index contributed by atoms with van der Waals surface area (Å²) in [7, 11) is 1.62. The summed E-state index contributed by atoms with van der Waals surface area (Å²) in [5.74, 6) is 0.729. The average molecular weight is 388 g/mol. The second-order valence-corrected chi connectivity index (χ2v) is 8.39. The minimum atomic E-state index is 0.0536. The van der Waals surface area contributed by atoms with E-state index in [1.165, 1.54) is 4.88 Å². The zero-order valence-corrected chi connectivity index (χ0v) is 16.3. The second-order valence-electron chi connectivity index (χ2n) is 7.36. The van der Waals surface area contributed by atoms with Gasteiger partial charge in [-0.2, -0.15) is 0 Å². The Balaban J connectivity index is 1.51. The highest BCUT2D eigenvalue weighted by molar-refractivity contribution is 7.09. The molecule has 7 heteroatoms. The van der Waals surface area contributed by atoms with E-state index in [4.69, 9.17) is 4.74 Å². The number of rotatable bonds is 6. The smallest absolute Gasteiger partial charge is 0.274 e. The number of hydrogen-bond acceptors (Lipinski definition) is 5. The number of ether oxygens (including phenoxy) is 1. The Bertz CT molecular complexity index is 862. The lowest BCUT2D eigenvalue weighted by molar-refractivity contribution is -0.134. The third-order valence-electron chi connectivity index (χ3n) is 5.51. The SMILES string of the molecule is COCCC(=O)N1C[C@H]2C[C@H](C1)c1ccc(NCc3cccs3)c(=O)n1C2. The molecular weight excluding hydrogens is 362 g/mol. The van der Waals surface area contributed by atoms with Gasteiger partial charge < -0.3 is 19.5 Å². The maximum atomic E-state index is 13.0. The van der Waals surface area contributed by atoms with Crippen LogP contribution >= 0.6 is 11.3 Å². The van der Waals surface area contributed by atoms with Gasteiger partial charge in [0.05, 0.1) is 13.0 Å². The third-order valence-corrected chi connectivity index (χ3v) is 6.39. The first-order valence-electron chi connectivity index (χ1n) is 9.42. The first-order chi connectivity index (χ1) is 13.2. The van der Waals surface area contributed by atoms with Gasteiger partial charge in [0.1, 0.15) is 5.69 Å². The lowest BCUT2D eigenvalue weighted by Gasteiger charge is -2.43. The van der Waals surface area contributed by atoms with Crippen molar-refractivity contribution in [1.82, 2.24) is 9.47 Å². The third kappa shape index (κ3) is 3.80. The van der Waals surface area contributed by atoms with Gasteiger partial charge in [0.25, 0.3) is 5.56 Å². The van der Waals surface area contributed by atoms with Gasteiger partial charge in [-0.3, -0.25) is 9.59 Å². The van der Waals surface area contributed by atoms with E-state index in [0.717, 1.165) is 18.7 Å². The largest absolute Gasteiger partial charge is 0.384 e. The number of piperidine rings is 1. The van der Waals surface area contributed by atoms with Crippen molar-refractivity contribution in [1.29, 1.82) is 0 Å². The normalized spacial score (nSPS) is 21.0. The van der Waals surface area contributed by atoms with E-state index in [2.05, 4.69) is 17.4 Å². The molecule has 2 aliphatic heterocycles. The number of carbonyl (C=O) groups excluding carboxylic acids is 1. The first-order valence-corrected chi connectivity index (χ1v) is 10.3. The van der Waals surface area contributed by atoms with Gasteiger partial charge in [-0.05, 0) is 35.9 Å². The Morgan fingerprint density at radius 1 is 1.30 bits per heavy atom. The van der Waals surface area contributed by atoms with Crippen LogP contribution in [-0.4, -0.2) is 42.2 Å². The van der Waals surface area contributed by atoms with Crippen LogP contribution in [0.15, 0.2) is 34.4 Å². The van der Waals surface area contributed by atoms with Crippen LogP contribution in [0.5, 0.6) is 0 Å². The Morgan fingerprint density at radius 2 is 2.19 bits per heavy atom. The maximum Gasteiger partial charge on any atom is 0.274 e. The molecule has 2 atom stereocenters. The lowest BCUT2D eigenvalue weighted by Crippen LogP contribution is -2.49. The number of anilines is 1. The van der Waals surface area contributed by atoms with Crippen molar-refractivity contribution >= 4 is 22.9 Å². The lowest BCUT2D eigenvalue weighted by atomic mass is 9.83. The van der Waals surface area contributed by atoms with Crippen LogP contribution in [0.4, 0.5) is 5.69 Å². The predicted molar refractivity (Wildman–Crippen MR) is 106 cm³/mol. The molecule has 0 spiro atoms. The minimum absolute atomic E-state index is 0.0536. The van der Waals surface area contributed by atoms with Crippen LogP contribution in [0.3, 0.4) is 0 Å². The van der Waals surface area contributed by atoms with Crippen molar-refractivity contribution in [3.8, 4) is 0 Å². The number of aromatic nitrogens is 1. The standard InChI is InChI=1S/C20H25N3O3S/c1-26-7-6-19(24)22-11-14-9-15(13-22)18-5-4-17(20(25)23(18)12-14)21-10-16-3-2-8-27-16/h2-5,8,14-15,21H,6-7,9-13H2,1H3/t14-,15-/m1/s1. The van der Waals surface area contributed by atoms with Crippen LogP contribution < -0.4 is 10.9 Å². The highest BCUT2D eigenvalue weighted by Crippen LogP contribution is 2.35. The van der Waals surface area contributed by atoms with Gasteiger partial charge in [0, 0.05) is 49.8 Å². The summed E-state index contributed by atoms with van der Waals surface area (Å²) in [6.45, 7) is 3.24. The van der Waals surface area contributed by atoms with Crippen molar-refractivity contribution in [2.24, 2.45) is 5.92 Å². The van der Waals surface area contributed by atoms with Gasteiger partial charge >= 0.3 is 0 Å². The van der Waals surface area contributed by atoms with E-state index in [0.29, 0.717) is 44.3 Å². The summed E-state index contributed by atoms with van der Waals surface area (Å²) >= 11 is 1.68. The molecule has 6 nitrogen and oxygen atoms in total. The molecule has 1 saturated heterocycles. The second kappa shape index (κ2) is 7.86. The maximum absolute atomic E-state index is 13.0. The number of carbonyl (C=O) groups is 1. The van der Waals surface area contributed by atoms with Gasteiger partial charge in [-0.1, -0.05) is 6.07 Å². The molecule has 0 unspecified atom stereocenters. The molecule has 2 aromatic rings. The zero-order chi connectivity index (χ0) is 18.8. The van der Waals surface area contributed by atoms with Crippen molar-refractivity contribution in [2.45, 2.75) is 31.8 Å². The van der Waals surface area contributed by atoms with Crippen LogP contribution in [-0.2, 0) is 22.6 Å². The van der Waals surface area contributed by atoms with Crippen LogP contribution in [0, 0.1) is 5.92 Å². The van der Waals surface area contributed by atoms with E-state index in [1.54, 1.807) is 18.4 Å². The van der Waals surface area contributed by atoms with E-state index in [9.17, 15) is 9.59 Å².